The molecule has 0 saturated carbocycles. The van der Waals surface area contributed by atoms with Gasteiger partial charge in [0.05, 0.1) is 29.2 Å². The summed E-state index contributed by atoms with van der Waals surface area (Å²) in [6, 6.07) is 3.02. The number of rotatable bonds is 4. The number of aliphatic hydroxyl groups excluding tert-OH is 1. The standard InChI is InChI=1S/C15H18BrN3O3/c1-4-10(7-20)19(9(3)21)14-6-13-11(5-12(14)16)15(22)18-8(2)17-13/h5-6,10,20H,4,7H2,1-3H3,(H,17,18,22). The molecule has 0 fully saturated rings. The molecule has 1 amide bonds. The fourth-order valence-corrected chi connectivity index (χ4v) is 3.00. The second kappa shape index (κ2) is 6.58. The number of hydrogen-bond donors (Lipinski definition) is 2. The Bertz CT molecular complexity index is 768. The zero-order chi connectivity index (χ0) is 16.4. The van der Waals surface area contributed by atoms with Crippen LogP contribution in [-0.2, 0) is 4.79 Å². The van der Waals surface area contributed by atoms with E-state index < -0.39 is 0 Å². The number of aromatic amines is 1. The van der Waals surface area contributed by atoms with Gasteiger partial charge in [0.25, 0.3) is 5.56 Å². The quantitative estimate of drug-likeness (QED) is 0.866. The molecule has 6 nitrogen and oxygen atoms in total. The van der Waals surface area contributed by atoms with E-state index in [2.05, 4.69) is 25.9 Å². The first-order valence-corrected chi connectivity index (χ1v) is 7.79. The van der Waals surface area contributed by atoms with Gasteiger partial charge in [0.15, 0.2) is 0 Å². The minimum absolute atomic E-state index is 0.137. The molecule has 1 aromatic carbocycles. The lowest BCUT2D eigenvalue weighted by Crippen LogP contribution is -2.41. The summed E-state index contributed by atoms with van der Waals surface area (Å²) in [4.78, 5) is 32.5. The smallest absolute Gasteiger partial charge is 0.258 e. The average molecular weight is 368 g/mol. The Morgan fingerprint density at radius 1 is 1.50 bits per heavy atom. The number of hydrogen-bond acceptors (Lipinski definition) is 4. The molecule has 118 valence electrons. The van der Waals surface area contributed by atoms with Gasteiger partial charge >= 0.3 is 0 Å². The number of anilines is 1. The predicted octanol–water partition coefficient (Wildman–Crippen LogP) is 2.12. The molecule has 0 spiro atoms. The van der Waals surface area contributed by atoms with Crippen molar-refractivity contribution in [1.82, 2.24) is 9.97 Å². The van der Waals surface area contributed by atoms with Crippen LogP contribution in [0.15, 0.2) is 21.4 Å². The van der Waals surface area contributed by atoms with Crippen LogP contribution in [0.25, 0.3) is 10.9 Å². The highest BCUT2D eigenvalue weighted by molar-refractivity contribution is 9.10. The van der Waals surface area contributed by atoms with Crippen LogP contribution in [0.5, 0.6) is 0 Å². The summed E-state index contributed by atoms with van der Waals surface area (Å²) in [5.41, 5.74) is 0.884. The highest BCUT2D eigenvalue weighted by atomic mass is 79.9. The second-order valence-corrected chi connectivity index (χ2v) is 5.96. The van der Waals surface area contributed by atoms with Gasteiger partial charge < -0.3 is 15.0 Å². The van der Waals surface area contributed by atoms with Crippen molar-refractivity contribution in [1.29, 1.82) is 0 Å². The van der Waals surface area contributed by atoms with E-state index in [1.165, 1.54) is 11.8 Å². The van der Waals surface area contributed by atoms with Crippen molar-refractivity contribution in [2.24, 2.45) is 0 Å². The summed E-state index contributed by atoms with van der Waals surface area (Å²) in [5.74, 6) is 0.330. The molecule has 0 aliphatic heterocycles. The van der Waals surface area contributed by atoms with Gasteiger partial charge in [-0.25, -0.2) is 4.98 Å². The van der Waals surface area contributed by atoms with Crippen molar-refractivity contribution < 1.29 is 9.90 Å². The number of aliphatic hydroxyl groups is 1. The molecule has 7 heteroatoms. The number of aromatic nitrogens is 2. The van der Waals surface area contributed by atoms with Gasteiger partial charge in [-0.1, -0.05) is 6.92 Å². The maximum absolute atomic E-state index is 12.0. The van der Waals surface area contributed by atoms with E-state index in [-0.39, 0.29) is 24.1 Å². The van der Waals surface area contributed by atoms with E-state index in [4.69, 9.17) is 0 Å². The van der Waals surface area contributed by atoms with E-state index in [0.29, 0.717) is 33.3 Å². The van der Waals surface area contributed by atoms with Gasteiger partial charge in [0.2, 0.25) is 5.91 Å². The molecule has 2 N–H and O–H groups in total. The molecule has 0 aliphatic carbocycles. The molecule has 0 aliphatic rings. The van der Waals surface area contributed by atoms with E-state index >= 15 is 0 Å². The summed E-state index contributed by atoms with van der Waals surface area (Å²) in [5, 5.41) is 9.97. The van der Waals surface area contributed by atoms with Crippen molar-refractivity contribution in [3.63, 3.8) is 0 Å². The van der Waals surface area contributed by atoms with Crippen LogP contribution in [0.4, 0.5) is 5.69 Å². The van der Waals surface area contributed by atoms with Gasteiger partial charge in [-0.3, -0.25) is 9.59 Å². The third kappa shape index (κ3) is 3.05. The maximum Gasteiger partial charge on any atom is 0.258 e. The lowest BCUT2D eigenvalue weighted by atomic mass is 10.1. The number of amides is 1. The van der Waals surface area contributed by atoms with Gasteiger partial charge in [0.1, 0.15) is 5.82 Å². The number of carbonyl (C=O) groups excluding carboxylic acids is 1. The Labute approximate surface area is 136 Å². The monoisotopic (exact) mass is 367 g/mol. The van der Waals surface area contributed by atoms with Gasteiger partial charge in [-0.05, 0) is 41.4 Å². The van der Waals surface area contributed by atoms with E-state index in [9.17, 15) is 14.7 Å². The zero-order valence-corrected chi connectivity index (χ0v) is 14.3. The number of carbonyl (C=O) groups is 1. The second-order valence-electron chi connectivity index (χ2n) is 5.11. The predicted molar refractivity (Wildman–Crippen MR) is 89.1 cm³/mol. The van der Waals surface area contributed by atoms with Crippen LogP contribution in [0.2, 0.25) is 0 Å². The number of fused-ring (bicyclic) bond motifs is 1. The van der Waals surface area contributed by atoms with Crippen LogP contribution >= 0.6 is 15.9 Å². The normalized spacial score (nSPS) is 12.4. The molecule has 1 aromatic heterocycles. The molecular formula is C15H18BrN3O3. The van der Waals surface area contributed by atoms with Crippen molar-refractivity contribution >= 4 is 38.4 Å². The lowest BCUT2D eigenvalue weighted by Gasteiger charge is -2.30. The number of nitrogens with zero attached hydrogens (tertiary/aromatic N) is 2. The topological polar surface area (TPSA) is 86.3 Å². The molecule has 1 atom stereocenters. The summed E-state index contributed by atoms with van der Waals surface area (Å²) < 4.78 is 0.609. The Hall–Kier alpha value is -1.73. The van der Waals surface area contributed by atoms with Crippen LogP contribution in [0, 0.1) is 6.92 Å². The average Bonchev–Trinajstić information content (AvgIpc) is 2.45. The molecule has 1 unspecified atom stereocenters. The molecule has 0 radical (unpaired) electrons. The first-order chi connectivity index (χ1) is 10.4. The van der Waals surface area contributed by atoms with Crippen molar-refractivity contribution in [3.05, 3.63) is 32.8 Å². The molecule has 22 heavy (non-hydrogen) atoms. The van der Waals surface area contributed by atoms with Crippen LogP contribution in [0.1, 0.15) is 26.1 Å². The van der Waals surface area contributed by atoms with Gasteiger partial charge in [-0.15, -0.1) is 0 Å². The minimum Gasteiger partial charge on any atom is -0.394 e. The Morgan fingerprint density at radius 2 is 2.18 bits per heavy atom. The Balaban J connectivity index is 2.70. The first-order valence-electron chi connectivity index (χ1n) is 6.99. The summed E-state index contributed by atoms with van der Waals surface area (Å²) >= 11 is 3.41. The largest absolute Gasteiger partial charge is 0.394 e. The molecule has 0 bridgehead atoms. The van der Waals surface area contributed by atoms with Crippen molar-refractivity contribution in [2.75, 3.05) is 11.5 Å². The Kier molecular flexibility index (Phi) is 4.97. The fourth-order valence-electron chi connectivity index (χ4n) is 2.47. The van der Waals surface area contributed by atoms with Crippen LogP contribution in [0.3, 0.4) is 0 Å². The highest BCUT2D eigenvalue weighted by Gasteiger charge is 2.23. The third-order valence-electron chi connectivity index (χ3n) is 3.54. The number of H-pyrrole nitrogens is 1. The van der Waals surface area contributed by atoms with Gasteiger partial charge in [0, 0.05) is 11.4 Å². The van der Waals surface area contributed by atoms with E-state index in [1.54, 1.807) is 19.1 Å². The number of halogens is 1. The molecule has 1 heterocycles. The summed E-state index contributed by atoms with van der Waals surface area (Å²) in [6.07, 6.45) is 0.613. The highest BCUT2D eigenvalue weighted by Crippen LogP contribution is 2.31. The SMILES string of the molecule is CCC(CO)N(C(C)=O)c1cc2nc(C)[nH]c(=O)c2cc1Br. The third-order valence-corrected chi connectivity index (χ3v) is 4.17. The number of nitrogens with one attached hydrogen (secondary N) is 1. The maximum atomic E-state index is 12.0. The van der Waals surface area contributed by atoms with E-state index in [1.807, 2.05) is 6.92 Å². The minimum atomic E-state index is -0.325. The molecular weight excluding hydrogens is 350 g/mol. The number of benzene rings is 1. The van der Waals surface area contributed by atoms with Crippen molar-refractivity contribution in [2.45, 2.75) is 33.2 Å². The Morgan fingerprint density at radius 3 is 2.73 bits per heavy atom. The summed E-state index contributed by atoms with van der Waals surface area (Å²) in [6.45, 7) is 4.92. The van der Waals surface area contributed by atoms with Crippen LogP contribution in [-0.4, -0.2) is 33.6 Å². The fraction of sp³-hybridized carbons (Fsp3) is 0.400. The summed E-state index contributed by atoms with van der Waals surface area (Å²) in [7, 11) is 0. The van der Waals surface area contributed by atoms with Crippen molar-refractivity contribution in [3.8, 4) is 0 Å². The first kappa shape index (κ1) is 16.6. The molecule has 2 aromatic rings. The molecule has 0 saturated heterocycles. The van der Waals surface area contributed by atoms with E-state index in [0.717, 1.165) is 0 Å². The number of aryl methyl sites for hydroxylation is 1. The lowest BCUT2D eigenvalue weighted by molar-refractivity contribution is -0.117. The molecule has 2 rings (SSSR count). The zero-order valence-electron chi connectivity index (χ0n) is 12.7. The van der Waals surface area contributed by atoms with Gasteiger partial charge in [-0.2, -0.15) is 0 Å². The van der Waals surface area contributed by atoms with Crippen LogP contribution < -0.4 is 10.5 Å².